The Balaban J connectivity index is 0. The van der Waals surface area contributed by atoms with Crippen molar-refractivity contribution in [2.24, 2.45) is 0 Å². The Morgan fingerprint density at radius 2 is 1.40 bits per heavy atom. The van der Waals surface area contributed by atoms with E-state index in [4.69, 9.17) is 10.2 Å². The molecule has 20 heavy (non-hydrogen) atoms. The number of rotatable bonds is 12. The maximum atomic E-state index is 11.0. The highest BCUT2D eigenvalue weighted by Gasteiger charge is 1.99. The second-order valence-corrected chi connectivity index (χ2v) is 4.68. The van der Waals surface area contributed by atoms with Gasteiger partial charge in [0.2, 0.25) is 0 Å². The Labute approximate surface area is 123 Å². The molecule has 0 aromatic carbocycles. The predicted molar refractivity (Wildman–Crippen MR) is 82.3 cm³/mol. The van der Waals surface area contributed by atoms with Gasteiger partial charge >= 0.3 is 5.97 Å². The zero-order valence-corrected chi connectivity index (χ0v) is 13.0. The predicted octanol–water partition coefficient (Wildman–Crippen LogP) is 3.57. The van der Waals surface area contributed by atoms with Gasteiger partial charge in [0.15, 0.2) is 0 Å². The zero-order chi connectivity index (χ0) is 15.5. The molecule has 0 spiro atoms. The van der Waals surface area contributed by atoms with Crippen molar-refractivity contribution in [3.63, 3.8) is 0 Å². The van der Waals surface area contributed by atoms with Crippen LogP contribution < -0.4 is 0 Å². The van der Waals surface area contributed by atoms with E-state index in [2.05, 4.69) is 18.2 Å². The van der Waals surface area contributed by atoms with E-state index in [9.17, 15) is 4.79 Å². The first-order valence-electron chi connectivity index (χ1n) is 7.75. The summed E-state index contributed by atoms with van der Waals surface area (Å²) in [6, 6.07) is 0. The zero-order valence-electron chi connectivity index (χ0n) is 13.0. The Kier molecular flexibility index (Phi) is 21.9. The summed E-state index contributed by atoms with van der Waals surface area (Å²) >= 11 is 0. The molecule has 0 fully saturated rings. The van der Waals surface area contributed by atoms with Gasteiger partial charge in [0.1, 0.15) is 0 Å². The lowest BCUT2D eigenvalue weighted by Gasteiger charge is -2.01. The second kappa shape index (κ2) is 20.4. The Hall–Kier alpha value is -0.870. The summed E-state index contributed by atoms with van der Waals surface area (Å²) in [5.74, 6) is -0.155. The number of carbonyl (C=O) groups is 1. The van der Waals surface area contributed by atoms with Gasteiger partial charge in [-0.1, -0.05) is 64.9 Å². The maximum Gasteiger partial charge on any atom is 0.310 e. The summed E-state index contributed by atoms with van der Waals surface area (Å²) in [4.78, 5) is 11.0. The number of ether oxygens (including phenoxy) is 1. The molecule has 0 unspecified atom stereocenters. The number of hydrogen-bond acceptors (Lipinski definition) is 4. The van der Waals surface area contributed by atoms with Crippen LogP contribution in [0.5, 0.6) is 0 Å². The van der Waals surface area contributed by atoms with Crippen LogP contribution in [0.4, 0.5) is 0 Å². The van der Waals surface area contributed by atoms with Crippen molar-refractivity contribution in [1.82, 2.24) is 0 Å². The van der Waals surface area contributed by atoms with E-state index >= 15 is 0 Å². The van der Waals surface area contributed by atoms with Crippen molar-refractivity contribution >= 4 is 5.97 Å². The van der Waals surface area contributed by atoms with Crippen molar-refractivity contribution < 1.29 is 19.7 Å². The summed E-state index contributed by atoms with van der Waals surface area (Å²) in [5, 5.41) is 15.2. The molecule has 0 aliphatic rings. The number of esters is 1. The number of unbranched alkanes of at least 4 members (excludes halogenated alkanes) is 8. The molecule has 0 saturated heterocycles. The van der Waals surface area contributed by atoms with E-state index in [0.717, 1.165) is 12.8 Å². The first-order chi connectivity index (χ1) is 9.72. The lowest BCUT2D eigenvalue weighted by Crippen LogP contribution is -1.98. The third-order valence-electron chi connectivity index (χ3n) is 2.80. The van der Waals surface area contributed by atoms with Crippen molar-refractivity contribution in [2.75, 3.05) is 13.2 Å². The Bertz CT molecular complexity index is 203. The maximum absolute atomic E-state index is 11.0. The van der Waals surface area contributed by atoms with E-state index in [1.54, 1.807) is 0 Å². The quantitative estimate of drug-likeness (QED) is 0.327. The highest BCUT2D eigenvalue weighted by Crippen LogP contribution is 2.10. The average molecular weight is 288 g/mol. The molecule has 120 valence electrons. The summed E-state index contributed by atoms with van der Waals surface area (Å²) in [6.45, 7) is 5.34. The molecule has 2 N–H and O–H groups in total. The minimum Gasteiger partial charge on any atom is -0.435 e. The van der Waals surface area contributed by atoms with Crippen LogP contribution in [0.2, 0.25) is 0 Å². The van der Waals surface area contributed by atoms with Gasteiger partial charge in [0.05, 0.1) is 19.5 Å². The van der Waals surface area contributed by atoms with Crippen molar-refractivity contribution in [3.05, 3.63) is 12.8 Å². The number of carbonyl (C=O) groups excluding carboxylic acids is 1. The third kappa shape index (κ3) is 22.3. The molecule has 0 aromatic rings. The van der Waals surface area contributed by atoms with E-state index in [0.29, 0.717) is 6.42 Å². The molecule has 0 aliphatic heterocycles. The van der Waals surface area contributed by atoms with Gasteiger partial charge in [-0.15, -0.1) is 0 Å². The molecule has 0 radical (unpaired) electrons. The lowest BCUT2D eigenvalue weighted by atomic mass is 10.1. The number of aliphatic hydroxyl groups excluding tert-OH is 2. The van der Waals surface area contributed by atoms with Gasteiger partial charge in [-0.25, -0.2) is 0 Å². The summed E-state index contributed by atoms with van der Waals surface area (Å²) < 4.78 is 4.64. The smallest absolute Gasteiger partial charge is 0.310 e. The molecule has 0 rings (SSSR count). The molecular formula is C16H32O4. The van der Waals surface area contributed by atoms with Crippen LogP contribution in [0, 0.1) is 0 Å². The lowest BCUT2D eigenvalue weighted by molar-refractivity contribution is -0.138. The fourth-order valence-electron chi connectivity index (χ4n) is 1.73. The van der Waals surface area contributed by atoms with Crippen molar-refractivity contribution in [3.8, 4) is 0 Å². The molecule has 0 aliphatic carbocycles. The monoisotopic (exact) mass is 288 g/mol. The Morgan fingerprint density at radius 3 is 1.80 bits per heavy atom. The minimum atomic E-state index is -0.155. The molecule has 0 bridgehead atoms. The van der Waals surface area contributed by atoms with Crippen LogP contribution in [0.3, 0.4) is 0 Å². The van der Waals surface area contributed by atoms with Crippen LogP contribution in [0.15, 0.2) is 12.8 Å². The van der Waals surface area contributed by atoms with Crippen LogP contribution in [0.1, 0.15) is 71.1 Å². The second-order valence-electron chi connectivity index (χ2n) is 4.68. The molecule has 0 amide bonds. The molecule has 0 atom stereocenters. The van der Waals surface area contributed by atoms with Gasteiger partial charge in [-0.3, -0.25) is 4.79 Å². The molecule has 4 heteroatoms. The van der Waals surface area contributed by atoms with Gasteiger partial charge in [0.25, 0.3) is 0 Å². The molecular weight excluding hydrogens is 256 g/mol. The van der Waals surface area contributed by atoms with Crippen LogP contribution in [-0.2, 0) is 9.53 Å². The van der Waals surface area contributed by atoms with Crippen molar-refractivity contribution in [1.29, 1.82) is 0 Å². The largest absolute Gasteiger partial charge is 0.435 e. The fraction of sp³-hybridized carbons (Fsp3) is 0.812. The van der Waals surface area contributed by atoms with E-state index in [1.165, 1.54) is 51.2 Å². The number of hydrogen-bond donors (Lipinski definition) is 2. The van der Waals surface area contributed by atoms with Crippen molar-refractivity contribution in [2.45, 2.75) is 71.1 Å². The van der Waals surface area contributed by atoms with Gasteiger partial charge < -0.3 is 14.9 Å². The van der Waals surface area contributed by atoms with E-state index in [-0.39, 0.29) is 19.2 Å². The molecule has 0 saturated carbocycles. The first-order valence-corrected chi connectivity index (χ1v) is 7.75. The fourth-order valence-corrected chi connectivity index (χ4v) is 1.73. The van der Waals surface area contributed by atoms with E-state index < -0.39 is 0 Å². The van der Waals surface area contributed by atoms with Crippen LogP contribution in [0.25, 0.3) is 0 Å². The molecule has 4 nitrogen and oxygen atoms in total. The minimum absolute atomic E-state index is 0.125. The first kappa shape index (κ1) is 21.4. The normalized spacial score (nSPS) is 9.55. The van der Waals surface area contributed by atoms with Gasteiger partial charge in [-0.2, -0.15) is 0 Å². The summed E-state index contributed by atoms with van der Waals surface area (Å²) in [6.07, 6.45) is 13.1. The topological polar surface area (TPSA) is 66.8 Å². The number of aliphatic hydroxyl groups is 2. The van der Waals surface area contributed by atoms with Gasteiger partial charge in [0, 0.05) is 6.42 Å². The standard InChI is InChI=1S/C14H26O2.C2H6O2/c1-3-5-6-7-8-9-10-11-12-13-14(15)16-4-2;3-1-2-4/h4H,2-3,5-13H2,1H3;3-4H,1-2H2. The third-order valence-corrected chi connectivity index (χ3v) is 2.80. The summed E-state index contributed by atoms with van der Waals surface area (Å²) in [5.41, 5.74) is 0. The Morgan fingerprint density at radius 1 is 0.950 bits per heavy atom. The highest BCUT2D eigenvalue weighted by molar-refractivity contribution is 5.69. The molecule has 0 heterocycles. The molecule has 0 aromatic heterocycles. The van der Waals surface area contributed by atoms with E-state index in [1.807, 2.05) is 0 Å². The average Bonchev–Trinajstić information content (AvgIpc) is 2.46. The highest BCUT2D eigenvalue weighted by atomic mass is 16.5. The van der Waals surface area contributed by atoms with Crippen LogP contribution in [-0.4, -0.2) is 29.4 Å². The summed E-state index contributed by atoms with van der Waals surface area (Å²) in [7, 11) is 0. The SMILES string of the molecule is C=COC(=O)CCCCCCCCCCC.OCCO. The van der Waals surface area contributed by atoms with Crippen LogP contribution >= 0.6 is 0 Å². The van der Waals surface area contributed by atoms with Gasteiger partial charge in [-0.05, 0) is 6.42 Å².